The number of carboxylic acids is 1. The third-order valence-corrected chi connectivity index (χ3v) is 2.93. The lowest BCUT2D eigenvalue weighted by molar-refractivity contribution is 0.0695. The predicted molar refractivity (Wildman–Crippen MR) is 68.9 cm³/mol. The van der Waals surface area contributed by atoms with Gasteiger partial charge in [-0.25, -0.2) is 4.79 Å². The van der Waals surface area contributed by atoms with Crippen LogP contribution in [0.3, 0.4) is 0 Å². The second kappa shape index (κ2) is 4.49. The van der Waals surface area contributed by atoms with Gasteiger partial charge >= 0.3 is 5.97 Å². The molecule has 4 nitrogen and oxygen atoms in total. The van der Waals surface area contributed by atoms with Crippen molar-refractivity contribution in [1.82, 2.24) is 4.98 Å². The largest absolute Gasteiger partial charge is 0.478 e. The fourth-order valence-electron chi connectivity index (χ4n) is 2.15. The fourth-order valence-corrected chi connectivity index (χ4v) is 2.15. The Balaban J connectivity index is 2.81. The second-order valence-corrected chi connectivity index (χ2v) is 4.13. The summed E-state index contributed by atoms with van der Waals surface area (Å²) in [5, 5.41) is 9.19. The molecule has 1 aromatic carbocycles. The average Bonchev–Trinajstić information content (AvgIpc) is 2.28. The van der Waals surface area contributed by atoms with Gasteiger partial charge in [0.1, 0.15) is 0 Å². The van der Waals surface area contributed by atoms with Crippen molar-refractivity contribution >= 4 is 5.97 Å². The Morgan fingerprint density at radius 2 is 1.78 bits per heavy atom. The maximum absolute atomic E-state index is 12.0. The molecular formula is C14H13NO3. The van der Waals surface area contributed by atoms with Gasteiger partial charge < -0.3 is 10.1 Å². The summed E-state index contributed by atoms with van der Waals surface area (Å²) in [5.74, 6) is -1.03. The first-order valence-electron chi connectivity index (χ1n) is 5.54. The zero-order valence-electron chi connectivity index (χ0n) is 10.2. The Labute approximate surface area is 104 Å². The molecule has 0 unspecified atom stereocenters. The first-order valence-corrected chi connectivity index (χ1v) is 5.54. The molecule has 92 valence electrons. The Bertz CT molecular complexity index is 657. The molecule has 0 atom stereocenters. The van der Waals surface area contributed by atoms with E-state index >= 15 is 0 Å². The van der Waals surface area contributed by atoms with Crippen molar-refractivity contribution in [3.8, 4) is 11.1 Å². The van der Waals surface area contributed by atoms with Gasteiger partial charge in [-0.1, -0.05) is 30.3 Å². The first-order chi connectivity index (χ1) is 8.52. The number of aryl methyl sites for hydroxylation is 1. The van der Waals surface area contributed by atoms with Crippen molar-refractivity contribution in [2.24, 2.45) is 0 Å². The highest BCUT2D eigenvalue weighted by Gasteiger charge is 2.18. The van der Waals surface area contributed by atoms with Crippen molar-refractivity contribution in [3.63, 3.8) is 0 Å². The second-order valence-electron chi connectivity index (χ2n) is 4.13. The van der Waals surface area contributed by atoms with Gasteiger partial charge in [-0.05, 0) is 25.0 Å². The highest BCUT2D eigenvalue weighted by atomic mass is 16.4. The zero-order chi connectivity index (χ0) is 13.3. The topological polar surface area (TPSA) is 70.2 Å². The molecule has 0 aliphatic heterocycles. The first kappa shape index (κ1) is 12.1. The number of aromatic nitrogens is 1. The quantitative estimate of drug-likeness (QED) is 0.850. The lowest BCUT2D eigenvalue weighted by atomic mass is 9.97. The Morgan fingerprint density at radius 3 is 2.33 bits per heavy atom. The molecule has 2 rings (SSSR count). The smallest absolute Gasteiger partial charge is 0.337 e. The van der Waals surface area contributed by atoms with Crippen molar-refractivity contribution in [1.29, 1.82) is 0 Å². The number of benzene rings is 1. The maximum atomic E-state index is 12.0. The number of hydrogen-bond donors (Lipinski definition) is 2. The van der Waals surface area contributed by atoms with Crippen LogP contribution >= 0.6 is 0 Å². The van der Waals surface area contributed by atoms with Crippen LogP contribution in [0.5, 0.6) is 0 Å². The predicted octanol–water partition coefficient (Wildman–Crippen LogP) is 2.36. The summed E-state index contributed by atoms with van der Waals surface area (Å²) in [6, 6.07) is 9.05. The van der Waals surface area contributed by atoms with Crippen molar-refractivity contribution in [2.45, 2.75) is 13.8 Å². The van der Waals surface area contributed by atoms with E-state index in [0.29, 0.717) is 16.8 Å². The van der Waals surface area contributed by atoms with Crippen LogP contribution in [-0.4, -0.2) is 16.1 Å². The monoisotopic (exact) mass is 243 g/mol. The Kier molecular flexibility index (Phi) is 3.02. The van der Waals surface area contributed by atoms with Crippen LogP contribution in [0.25, 0.3) is 11.1 Å². The summed E-state index contributed by atoms with van der Waals surface area (Å²) in [6.45, 7) is 3.25. The summed E-state index contributed by atoms with van der Waals surface area (Å²) in [6.07, 6.45) is 0. The molecule has 0 spiro atoms. The molecule has 1 aromatic heterocycles. The molecule has 0 amide bonds. The SMILES string of the molecule is Cc1[nH]c(=O)c(-c2ccccc2)c(C)c1C(=O)O. The number of aromatic carboxylic acids is 1. The average molecular weight is 243 g/mol. The minimum absolute atomic E-state index is 0.161. The summed E-state index contributed by atoms with van der Waals surface area (Å²) < 4.78 is 0. The molecule has 1 heterocycles. The Morgan fingerprint density at radius 1 is 1.17 bits per heavy atom. The molecule has 0 aliphatic rings. The van der Waals surface area contributed by atoms with Crippen molar-refractivity contribution < 1.29 is 9.90 Å². The van der Waals surface area contributed by atoms with E-state index in [1.165, 1.54) is 0 Å². The van der Waals surface area contributed by atoms with E-state index in [4.69, 9.17) is 0 Å². The Hall–Kier alpha value is -2.36. The van der Waals surface area contributed by atoms with Crippen LogP contribution in [0.1, 0.15) is 21.6 Å². The molecule has 18 heavy (non-hydrogen) atoms. The van der Waals surface area contributed by atoms with Crippen LogP contribution in [0, 0.1) is 13.8 Å². The number of carboxylic acid groups (broad SMARTS) is 1. The van der Waals surface area contributed by atoms with Gasteiger partial charge in [0.15, 0.2) is 0 Å². The third kappa shape index (κ3) is 1.93. The van der Waals surface area contributed by atoms with Gasteiger partial charge in [-0.2, -0.15) is 0 Å². The number of hydrogen-bond acceptors (Lipinski definition) is 2. The van der Waals surface area contributed by atoms with Crippen LogP contribution in [0.4, 0.5) is 0 Å². The summed E-state index contributed by atoms with van der Waals surface area (Å²) in [4.78, 5) is 25.8. The van der Waals surface area contributed by atoms with Crippen molar-refractivity contribution in [3.05, 3.63) is 57.5 Å². The van der Waals surface area contributed by atoms with Gasteiger partial charge in [0.05, 0.1) is 11.1 Å². The van der Waals surface area contributed by atoms with Crippen LogP contribution < -0.4 is 5.56 Å². The zero-order valence-corrected chi connectivity index (χ0v) is 10.2. The van der Waals surface area contributed by atoms with Gasteiger partial charge in [0.25, 0.3) is 5.56 Å². The van der Waals surface area contributed by atoms with E-state index in [0.717, 1.165) is 5.56 Å². The summed E-state index contributed by atoms with van der Waals surface area (Å²) in [5.41, 5.74) is 1.91. The maximum Gasteiger partial charge on any atom is 0.337 e. The molecule has 2 N–H and O–H groups in total. The highest BCUT2D eigenvalue weighted by Crippen LogP contribution is 2.22. The number of carbonyl (C=O) groups is 1. The van der Waals surface area contributed by atoms with E-state index in [-0.39, 0.29) is 11.1 Å². The fraction of sp³-hybridized carbons (Fsp3) is 0.143. The molecule has 0 aliphatic carbocycles. The highest BCUT2D eigenvalue weighted by molar-refractivity contribution is 5.92. The number of H-pyrrole nitrogens is 1. The molecule has 2 aromatic rings. The van der Waals surface area contributed by atoms with Crippen LogP contribution in [0.2, 0.25) is 0 Å². The molecule has 0 saturated carbocycles. The molecule has 0 bridgehead atoms. The molecule has 4 heteroatoms. The number of rotatable bonds is 2. The van der Waals surface area contributed by atoms with Gasteiger partial charge in [-0.15, -0.1) is 0 Å². The lowest BCUT2D eigenvalue weighted by Crippen LogP contribution is -2.18. The van der Waals surface area contributed by atoms with E-state index in [1.807, 2.05) is 18.2 Å². The van der Waals surface area contributed by atoms with Gasteiger partial charge in [0.2, 0.25) is 0 Å². The summed E-state index contributed by atoms with van der Waals surface area (Å²) in [7, 11) is 0. The molecular weight excluding hydrogens is 230 g/mol. The standard InChI is InChI=1S/C14H13NO3/c1-8-11(14(17)18)9(2)15-13(16)12(8)10-6-4-3-5-7-10/h3-7H,1-2H3,(H,15,16)(H,17,18). The number of aromatic amines is 1. The van der Waals surface area contributed by atoms with E-state index in [2.05, 4.69) is 4.98 Å². The normalized spacial score (nSPS) is 10.3. The van der Waals surface area contributed by atoms with Crippen LogP contribution in [0.15, 0.2) is 35.1 Å². The van der Waals surface area contributed by atoms with Crippen molar-refractivity contribution in [2.75, 3.05) is 0 Å². The number of nitrogens with one attached hydrogen (secondary N) is 1. The van der Waals surface area contributed by atoms with Gasteiger partial charge in [-0.3, -0.25) is 4.79 Å². The minimum atomic E-state index is -1.03. The number of pyridine rings is 1. The minimum Gasteiger partial charge on any atom is -0.478 e. The van der Waals surface area contributed by atoms with Crippen LogP contribution in [-0.2, 0) is 0 Å². The third-order valence-electron chi connectivity index (χ3n) is 2.93. The van der Waals surface area contributed by atoms with Gasteiger partial charge in [0, 0.05) is 5.69 Å². The molecule has 0 saturated heterocycles. The van der Waals surface area contributed by atoms with E-state index in [1.54, 1.807) is 26.0 Å². The summed E-state index contributed by atoms with van der Waals surface area (Å²) >= 11 is 0. The lowest BCUT2D eigenvalue weighted by Gasteiger charge is -2.10. The molecule has 0 radical (unpaired) electrons. The van der Waals surface area contributed by atoms with E-state index < -0.39 is 5.97 Å². The molecule has 0 fully saturated rings. The van der Waals surface area contributed by atoms with E-state index in [9.17, 15) is 14.7 Å².